The molecule has 2 aromatic carbocycles. The highest BCUT2D eigenvalue weighted by atomic mass is 32.2. The van der Waals surface area contributed by atoms with Crippen molar-refractivity contribution in [3.8, 4) is 11.4 Å². The van der Waals surface area contributed by atoms with Crippen molar-refractivity contribution in [1.82, 2.24) is 14.4 Å². The van der Waals surface area contributed by atoms with Crippen molar-refractivity contribution < 1.29 is 12.9 Å². The van der Waals surface area contributed by atoms with Crippen molar-refractivity contribution >= 4 is 10.0 Å². The van der Waals surface area contributed by atoms with Crippen LogP contribution < -0.4 is 0 Å². The SMILES string of the molecule is CC(C)c1ccc(S(=O)(=O)N2CCCC2c2nc(-c3ccccc3)no2)cc1. The Morgan fingerprint density at radius 2 is 1.79 bits per heavy atom. The van der Waals surface area contributed by atoms with E-state index in [1.54, 1.807) is 12.1 Å². The van der Waals surface area contributed by atoms with Gasteiger partial charge in [-0.05, 0) is 36.5 Å². The summed E-state index contributed by atoms with van der Waals surface area (Å²) in [6.45, 7) is 4.61. The smallest absolute Gasteiger partial charge is 0.245 e. The van der Waals surface area contributed by atoms with Gasteiger partial charge in [-0.2, -0.15) is 9.29 Å². The molecule has 0 aliphatic carbocycles. The predicted molar refractivity (Wildman–Crippen MR) is 106 cm³/mol. The topological polar surface area (TPSA) is 76.3 Å². The number of aromatic nitrogens is 2. The van der Waals surface area contributed by atoms with Crippen LogP contribution in [0.3, 0.4) is 0 Å². The predicted octanol–water partition coefficient (Wildman–Crippen LogP) is 4.39. The lowest BCUT2D eigenvalue weighted by molar-refractivity contribution is 0.290. The Labute approximate surface area is 165 Å². The van der Waals surface area contributed by atoms with Gasteiger partial charge in [0.05, 0.1) is 4.90 Å². The highest BCUT2D eigenvalue weighted by Crippen LogP contribution is 2.36. The summed E-state index contributed by atoms with van der Waals surface area (Å²) in [5, 5.41) is 4.04. The van der Waals surface area contributed by atoms with Gasteiger partial charge >= 0.3 is 0 Å². The second-order valence-corrected chi connectivity index (χ2v) is 9.21. The molecular formula is C21H23N3O3S. The van der Waals surface area contributed by atoms with E-state index >= 15 is 0 Å². The minimum Gasteiger partial charge on any atom is -0.337 e. The fraction of sp³-hybridized carbons (Fsp3) is 0.333. The quantitative estimate of drug-likeness (QED) is 0.638. The van der Waals surface area contributed by atoms with E-state index in [2.05, 4.69) is 24.0 Å². The highest BCUT2D eigenvalue weighted by molar-refractivity contribution is 7.89. The molecule has 1 fully saturated rings. The molecule has 7 heteroatoms. The Hall–Kier alpha value is -2.51. The maximum absolute atomic E-state index is 13.2. The van der Waals surface area contributed by atoms with Crippen LogP contribution in [-0.2, 0) is 10.0 Å². The first kappa shape index (κ1) is 18.8. The fourth-order valence-corrected chi connectivity index (χ4v) is 5.16. The summed E-state index contributed by atoms with van der Waals surface area (Å²) >= 11 is 0. The van der Waals surface area contributed by atoms with E-state index in [1.165, 1.54) is 4.31 Å². The molecule has 1 aliphatic rings. The number of nitrogens with zero attached hydrogens (tertiary/aromatic N) is 3. The molecule has 0 saturated carbocycles. The number of hydrogen-bond donors (Lipinski definition) is 0. The normalized spacial score (nSPS) is 18.0. The largest absolute Gasteiger partial charge is 0.337 e. The van der Waals surface area contributed by atoms with Gasteiger partial charge in [0.25, 0.3) is 0 Å². The van der Waals surface area contributed by atoms with Crippen LogP contribution in [0.2, 0.25) is 0 Å². The Morgan fingerprint density at radius 1 is 1.07 bits per heavy atom. The Balaban J connectivity index is 1.62. The summed E-state index contributed by atoms with van der Waals surface area (Å²) in [7, 11) is -3.63. The van der Waals surface area contributed by atoms with Crippen molar-refractivity contribution in [1.29, 1.82) is 0 Å². The fourth-order valence-electron chi connectivity index (χ4n) is 3.51. The molecule has 0 amide bonds. The summed E-state index contributed by atoms with van der Waals surface area (Å²) in [4.78, 5) is 4.77. The van der Waals surface area contributed by atoms with Crippen LogP contribution >= 0.6 is 0 Å². The Morgan fingerprint density at radius 3 is 2.46 bits per heavy atom. The summed E-state index contributed by atoms with van der Waals surface area (Å²) in [5.41, 5.74) is 1.95. The minimum atomic E-state index is -3.63. The van der Waals surface area contributed by atoms with Crippen LogP contribution in [0.1, 0.15) is 50.1 Å². The molecular weight excluding hydrogens is 374 g/mol. The van der Waals surface area contributed by atoms with Crippen molar-refractivity contribution in [3.63, 3.8) is 0 Å². The summed E-state index contributed by atoms with van der Waals surface area (Å²) in [6, 6.07) is 16.2. The van der Waals surface area contributed by atoms with Gasteiger partial charge in [0.15, 0.2) is 0 Å². The van der Waals surface area contributed by atoms with E-state index in [9.17, 15) is 8.42 Å². The van der Waals surface area contributed by atoms with Crippen LogP contribution in [0.25, 0.3) is 11.4 Å². The first-order valence-corrected chi connectivity index (χ1v) is 10.9. The third-order valence-corrected chi connectivity index (χ3v) is 7.04. The first-order chi connectivity index (χ1) is 13.5. The Kier molecular flexibility index (Phi) is 5.03. The third-order valence-electron chi connectivity index (χ3n) is 5.12. The van der Waals surface area contributed by atoms with E-state index in [1.807, 2.05) is 42.5 Å². The van der Waals surface area contributed by atoms with Gasteiger partial charge < -0.3 is 4.52 Å². The van der Waals surface area contributed by atoms with Gasteiger partial charge in [-0.1, -0.05) is 61.5 Å². The lowest BCUT2D eigenvalue weighted by Gasteiger charge is -2.21. The molecule has 146 valence electrons. The van der Waals surface area contributed by atoms with Gasteiger partial charge in [-0.3, -0.25) is 0 Å². The molecule has 1 atom stereocenters. The zero-order valence-electron chi connectivity index (χ0n) is 15.9. The number of benzene rings is 2. The zero-order chi connectivity index (χ0) is 19.7. The van der Waals surface area contributed by atoms with E-state index in [-0.39, 0.29) is 0 Å². The standard InChI is InChI=1S/C21H23N3O3S/c1-15(2)16-10-12-18(13-11-16)28(25,26)24-14-6-9-19(24)21-22-20(23-27-21)17-7-4-3-5-8-17/h3-5,7-8,10-13,15,19H,6,9,14H2,1-2H3. The maximum atomic E-state index is 13.2. The molecule has 1 saturated heterocycles. The summed E-state index contributed by atoms with van der Waals surface area (Å²) in [5.74, 6) is 1.17. The van der Waals surface area contributed by atoms with Gasteiger partial charge in [0, 0.05) is 12.1 Å². The highest BCUT2D eigenvalue weighted by Gasteiger charge is 2.39. The van der Waals surface area contributed by atoms with Gasteiger partial charge in [-0.25, -0.2) is 8.42 Å². The minimum absolute atomic E-state index is 0.298. The number of rotatable bonds is 5. The molecule has 3 aromatic rings. The van der Waals surface area contributed by atoms with E-state index in [4.69, 9.17) is 4.52 Å². The zero-order valence-corrected chi connectivity index (χ0v) is 16.8. The second-order valence-electron chi connectivity index (χ2n) is 7.32. The molecule has 1 aliphatic heterocycles. The van der Waals surface area contributed by atoms with Crippen LogP contribution in [0.15, 0.2) is 64.0 Å². The number of hydrogen-bond acceptors (Lipinski definition) is 5. The molecule has 0 N–H and O–H groups in total. The van der Waals surface area contributed by atoms with E-state index < -0.39 is 16.1 Å². The average molecular weight is 398 g/mol. The van der Waals surface area contributed by atoms with Crippen molar-refractivity contribution in [2.75, 3.05) is 6.54 Å². The Bertz CT molecular complexity index is 1040. The van der Waals surface area contributed by atoms with Gasteiger partial charge in [-0.15, -0.1) is 0 Å². The van der Waals surface area contributed by atoms with Crippen LogP contribution in [0.5, 0.6) is 0 Å². The number of sulfonamides is 1. The molecule has 1 aromatic heterocycles. The van der Waals surface area contributed by atoms with Gasteiger partial charge in [0.1, 0.15) is 6.04 Å². The van der Waals surface area contributed by atoms with Crippen molar-refractivity contribution in [3.05, 3.63) is 66.1 Å². The molecule has 0 bridgehead atoms. The molecule has 28 heavy (non-hydrogen) atoms. The first-order valence-electron chi connectivity index (χ1n) is 9.47. The molecule has 6 nitrogen and oxygen atoms in total. The molecule has 4 rings (SSSR count). The van der Waals surface area contributed by atoms with E-state index in [0.717, 1.165) is 17.5 Å². The molecule has 0 radical (unpaired) electrons. The van der Waals surface area contributed by atoms with Crippen LogP contribution in [0, 0.1) is 0 Å². The average Bonchev–Trinajstić information content (AvgIpc) is 3.38. The van der Waals surface area contributed by atoms with Crippen molar-refractivity contribution in [2.45, 2.75) is 43.5 Å². The maximum Gasteiger partial charge on any atom is 0.245 e. The van der Waals surface area contributed by atoms with E-state index in [0.29, 0.717) is 35.5 Å². The lowest BCUT2D eigenvalue weighted by atomic mass is 10.0. The van der Waals surface area contributed by atoms with Crippen LogP contribution in [-0.4, -0.2) is 29.4 Å². The third kappa shape index (κ3) is 3.47. The molecule has 0 spiro atoms. The lowest BCUT2D eigenvalue weighted by Crippen LogP contribution is -2.30. The second kappa shape index (κ2) is 7.48. The molecule has 1 unspecified atom stereocenters. The van der Waals surface area contributed by atoms with Gasteiger partial charge in [0.2, 0.25) is 21.7 Å². The van der Waals surface area contributed by atoms with Crippen LogP contribution in [0.4, 0.5) is 0 Å². The van der Waals surface area contributed by atoms with Crippen molar-refractivity contribution in [2.24, 2.45) is 0 Å². The summed E-state index contributed by atoms with van der Waals surface area (Å²) in [6.07, 6.45) is 1.43. The monoisotopic (exact) mass is 397 g/mol. The summed E-state index contributed by atoms with van der Waals surface area (Å²) < 4.78 is 33.4. The molecule has 2 heterocycles.